The third-order valence-electron chi connectivity index (χ3n) is 4.27. The fourth-order valence-electron chi connectivity index (χ4n) is 3.05. The topological polar surface area (TPSA) is 82.1 Å². The zero-order chi connectivity index (χ0) is 17.6. The van der Waals surface area contributed by atoms with Crippen LogP contribution in [0.2, 0.25) is 0 Å². The van der Waals surface area contributed by atoms with Crippen molar-refractivity contribution in [3.8, 4) is 0 Å². The molecule has 1 aromatic carbocycles. The molecule has 0 radical (unpaired) electrons. The second kappa shape index (κ2) is 5.77. The number of nitrogens with zero attached hydrogens (tertiary/aromatic N) is 1. The van der Waals surface area contributed by atoms with Crippen LogP contribution >= 0.6 is 0 Å². The smallest absolute Gasteiger partial charge is 0.346 e. The monoisotopic (exact) mass is 341 g/mol. The summed E-state index contributed by atoms with van der Waals surface area (Å²) in [5.74, 6) is -0.908. The number of amides is 1. The maximum atomic E-state index is 12.6. The fourth-order valence-corrected chi connectivity index (χ4v) is 3.05. The van der Waals surface area contributed by atoms with Crippen LogP contribution in [0, 0.1) is 0 Å². The number of allylic oxidation sites excluding steroid dienone is 1. The summed E-state index contributed by atoms with van der Waals surface area (Å²) in [6.07, 6.45) is 1.15. The third-order valence-corrected chi connectivity index (χ3v) is 4.27. The summed E-state index contributed by atoms with van der Waals surface area (Å²) in [4.78, 5) is 37.8. The fraction of sp³-hybridized carbons (Fsp3) is 0.278. The number of hydrogen-bond acceptors (Lipinski definition) is 6. The minimum atomic E-state index is -1.06. The molecule has 2 saturated heterocycles. The van der Waals surface area contributed by atoms with Crippen LogP contribution in [0.5, 0.6) is 0 Å². The molecule has 0 N–H and O–H groups in total. The molecule has 1 amide bonds. The number of cyclic esters (lactones) is 1. The van der Waals surface area contributed by atoms with E-state index in [-0.39, 0.29) is 30.3 Å². The number of carbonyl (C=O) groups excluding carboxylic acids is 3. The van der Waals surface area contributed by atoms with Crippen molar-refractivity contribution < 1.29 is 28.6 Å². The lowest BCUT2D eigenvalue weighted by Gasteiger charge is -2.33. The lowest BCUT2D eigenvalue weighted by Crippen LogP contribution is -2.55. The summed E-state index contributed by atoms with van der Waals surface area (Å²) in [7, 11) is 0. The van der Waals surface area contributed by atoms with E-state index in [0.717, 1.165) is 5.56 Å². The standard InChI is InChI=1S/C18H15NO6/c1-10-7-12(17(21)24-10)16-15(19-13(20)8-14(19)25-16)18(22)23-9-11-5-3-2-4-6-11/h2-7,14-15H,8-9H2,1H3/t14-,15?/m1/s1. The van der Waals surface area contributed by atoms with Gasteiger partial charge in [-0.3, -0.25) is 9.69 Å². The van der Waals surface area contributed by atoms with E-state index in [2.05, 4.69) is 0 Å². The Labute approximate surface area is 143 Å². The predicted octanol–water partition coefficient (Wildman–Crippen LogP) is 1.40. The SMILES string of the molecule is CC1=CC(=C2O[C@@H]3CC(=O)N3C2C(=O)OCc2ccccc2)C(=O)O1. The molecule has 4 rings (SSSR count). The lowest BCUT2D eigenvalue weighted by molar-refractivity contribution is -0.166. The minimum absolute atomic E-state index is 0.0742. The van der Waals surface area contributed by atoms with Gasteiger partial charge in [-0.2, -0.15) is 0 Å². The summed E-state index contributed by atoms with van der Waals surface area (Å²) in [5, 5.41) is 0. The van der Waals surface area contributed by atoms with Gasteiger partial charge in [-0.05, 0) is 18.6 Å². The number of hydrogen-bond donors (Lipinski definition) is 0. The van der Waals surface area contributed by atoms with Crippen LogP contribution in [0.25, 0.3) is 0 Å². The highest BCUT2D eigenvalue weighted by molar-refractivity contribution is 5.99. The molecule has 128 valence electrons. The molecule has 1 aromatic rings. The Hall–Kier alpha value is -3.09. The zero-order valence-electron chi connectivity index (χ0n) is 13.4. The van der Waals surface area contributed by atoms with Crippen LogP contribution in [-0.2, 0) is 35.2 Å². The summed E-state index contributed by atoms with van der Waals surface area (Å²) in [5.41, 5.74) is 0.979. The van der Waals surface area contributed by atoms with Crippen LogP contribution in [0.1, 0.15) is 18.9 Å². The number of esters is 2. The van der Waals surface area contributed by atoms with Gasteiger partial charge in [0.1, 0.15) is 23.7 Å². The molecule has 25 heavy (non-hydrogen) atoms. The molecule has 3 aliphatic rings. The first-order chi connectivity index (χ1) is 12.0. The van der Waals surface area contributed by atoms with E-state index in [9.17, 15) is 14.4 Å². The minimum Gasteiger partial charge on any atom is -0.470 e. The molecular formula is C18H15NO6. The Morgan fingerprint density at radius 2 is 2.04 bits per heavy atom. The van der Waals surface area contributed by atoms with Crippen molar-refractivity contribution in [3.63, 3.8) is 0 Å². The van der Waals surface area contributed by atoms with E-state index in [1.54, 1.807) is 6.92 Å². The van der Waals surface area contributed by atoms with Crippen molar-refractivity contribution in [2.24, 2.45) is 0 Å². The Morgan fingerprint density at radius 3 is 2.68 bits per heavy atom. The van der Waals surface area contributed by atoms with Gasteiger partial charge < -0.3 is 14.2 Å². The van der Waals surface area contributed by atoms with Gasteiger partial charge in [-0.15, -0.1) is 0 Å². The van der Waals surface area contributed by atoms with Gasteiger partial charge in [-0.1, -0.05) is 30.3 Å². The van der Waals surface area contributed by atoms with Crippen LogP contribution in [0.3, 0.4) is 0 Å². The quantitative estimate of drug-likeness (QED) is 0.470. The highest BCUT2D eigenvalue weighted by Crippen LogP contribution is 2.40. The summed E-state index contributed by atoms with van der Waals surface area (Å²) in [6, 6.07) is 8.15. The highest BCUT2D eigenvalue weighted by Gasteiger charge is 2.56. The Kier molecular flexibility index (Phi) is 3.56. The third kappa shape index (κ3) is 2.57. The second-order valence-electron chi connectivity index (χ2n) is 6.00. The summed E-state index contributed by atoms with van der Waals surface area (Å²) < 4.78 is 16.0. The molecule has 1 unspecified atom stereocenters. The van der Waals surface area contributed by atoms with Gasteiger partial charge in [0.2, 0.25) is 5.91 Å². The molecule has 2 fully saturated rings. The average Bonchev–Trinajstić information content (AvgIpc) is 3.09. The van der Waals surface area contributed by atoms with Gasteiger partial charge in [0, 0.05) is 0 Å². The van der Waals surface area contributed by atoms with Crippen LogP contribution < -0.4 is 0 Å². The van der Waals surface area contributed by atoms with E-state index < -0.39 is 24.2 Å². The van der Waals surface area contributed by atoms with Crippen molar-refractivity contribution in [3.05, 3.63) is 59.1 Å². The van der Waals surface area contributed by atoms with Gasteiger partial charge in [0.05, 0.1) is 6.42 Å². The van der Waals surface area contributed by atoms with Crippen molar-refractivity contribution in [2.75, 3.05) is 0 Å². The van der Waals surface area contributed by atoms with Crippen LogP contribution in [0.4, 0.5) is 0 Å². The Bertz CT molecular complexity index is 825. The molecule has 0 aliphatic carbocycles. The molecule has 7 heteroatoms. The largest absolute Gasteiger partial charge is 0.470 e. The maximum absolute atomic E-state index is 12.6. The predicted molar refractivity (Wildman–Crippen MR) is 83.2 cm³/mol. The zero-order valence-corrected chi connectivity index (χ0v) is 13.4. The molecule has 3 aliphatic heterocycles. The van der Waals surface area contributed by atoms with Crippen LogP contribution in [-0.4, -0.2) is 35.0 Å². The first-order valence-corrected chi connectivity index (χ1v) is 7.87. The first-order valence-electron chi connectivity index (χ1n) is 7.87. The molecule has 0 spiro atoms. The number of β-lactam (4-membered cyclic amide) rings is 1. The molecular weight excluding hydrogens is 326 g/mol. The van der Waals surface area contributed by atoms with Crippen molar-refractivity contribution in [1.82, 2.24) is 4.90 Å². The number of benzene rings is 1. The summed E-state index contributed by atoms with van der Waals surface area (Å²) >= 11 is 0. The van der Waals surface area contributed by atoms with Gasteiger partial charge in [0.15, 0.2) is 12.3 Å². The highest BCUT2D eigenvalue weighted by atomic mass is 16.6. The second-order valence-corrected chi connectivity index (χ2v) is 6.00. The lowest BCUT2D eigenvalue weighted by atomic mass is 10.1. The molecule has 0 bridgehead atoms. The average molecular weight is 341 g/mol. The van der Waals surface area contributed by atoms with E-state index in [1.807, 2.05) is 30.3 Å². The molecule has 0 aromatic heterocycles. The first kappa shape index (κ1) is 15.4. The Morgan fingerprint density at radius 1 is 1.28 bits per heavy atom. The molecule has 7 nitrogen and oxygen atoms in total. The number of rotatable bonds is 3. The van der Waals surface area contributed by atoms with E-state index in [4.69, 9.17) is 14.2 Å². The number of ether oxygens (including phenoxy) is 3. The normalized spacial score (nSPS) is 27.2. The van der Waals surface area contributed by atoms with Gasteiger partial charge in [0.25, 0.3) is 0 Å². The molecule has 2 atom stereocenters. The van der Waals surface area contributed by atoms with E-state index >= 15 is 0 Å². The number of carbonyl (C=O) groups is 3. The van der Waals surface area contributed by atoms with Crippen molar-refractivity contribution in [1.29, 1.82) is 0 Å². The van der Waals surface area contributed by atoms with E-state index in [1.165, 1.54) is 11.0 Å². The number of fused-ring (bicyclic) bond motifs is 1. The maximum Gasteiger partial charge on any atom is 0.346 e. The van der Waals surface area contributed by atoms with Crippen LogP contribution in [0.15, 0.2) is 53.5 Å². The molecule has 0 saturated carbocycles. The Balaban J connectivity index is 1.60. The van der Waals surface area contributed by atoms with Crippen molar-refractivity contribution >= 4 is 17.8 Å². The van der Waals surface area contributed by atoms with Gasteiger partial charge >= 0.3 is 11.9 Å². The van der Waals surface area contributed by atoms with Gasteiger partial charge in [-0.25, -0.2) is 9.59 Å². The van der Waals surface area contributed by atoms with Crippen molar-refractivity contribution in [2.45, 2.75) is 32.2 Å². The summed E-state index contributed by atoms with van der Waals surface area (Å²) in [6.45, 7) is 1.70. The van der Waals surface area contributed by atoms with E-state index in [0.29, 0.717) is 5.76 Å². The molecule has 3 heterocycles.